The SMILES string of the molecule is Cc1ccc(NC(=S)Nc2cc(C(=O)NCCc3ccc(Cl)cc3)ccc2N2CC3CC(C2)c2cccc(=O)n2C3)cc1. The highest BCUT2D eigenvalue weighted by Crippen LogP contribution is 2.39. The van der Waals surface area contributed by atoms with Gasteiger partial charge in [-0.15, -0.1) is 0 Å². The zero-order valence-electron chi connectivity index (χ0n) is 24.0. The number of anilines is 3. The molecule has 3 heterocycles. The average Bonchev–Trinajstić information content (AvgIpc) is 3.00. The minimum atomic E-state index is -0.148. The van der Waals surface area contributed by atoms with Gasteiger partial charge in [0.1, 0.15) is 0 Å². The van der Waals surface area contributed by atoms with Gasteiger partial charge in [0.05, 0.1) is 11.4 Å². The van der Waals surface area contributed by atoms with E-state index >= 15 is 0 Å². The third kappa shape index (κ3) is 6.76. The number of aryl methyl sites for hydroxylation is 1. The first kappa shape index (κ1) is 29.0. The molecule has 0 spiro atoms. The number of rotatable bonds is 7. The molecule has 0 aliphatic carbocycles. The third-order valence-electron chi connectivity index (χ3n) is 8.25. The molecular formula is C34H34ClN5O2S. The fourth-order valence-electron chi connectivity index (χ4n) is 6.14. The third-order valence-corrected chi connectivity index (χ3v) is 8.71. The van der Waals surface area contributed by atoms with Crippen molar-refractivity contribution in [3.8, 4) is 0 Å². The maximum Gasteiger partial charge on any atom is 0.251 e. The lowest BCUT2D eigenvalue weighted by molar-refractivity contribution is 0.0954. The largest absolute Gasteiger partial charge is 0.369 e. The minimum Gasteiger partial charge on any atom is -0.369 e. The summed E-state index contributed by atoms with van der Waals surface area (Å²) < 4.78 is 1.94. The lowest BCUT2D eigenvalue weighted by Gasteiger charge is -2.44. The summed E-state index contributed by atoms with van der Waals surface area (Å²) in [6.45, 7) is 4.86. The van der Waals surface area contributed by atoms with Crippen LogP contribution in [0.3, 0.4) is 0 Å². The first-order valence-electron chi connectivity index (χ1n) is 14.6. The second-order valence-electron chi connectivity index (χ2n) is 11.4. The molecule has 1 fully saturated rings. The van der Waals surface area contributed by atoms with E-state index in [4.69, 9.17) is 23.8 Å². The molecule has 2 aliphatic heterocycles. The number of nitrogens with zero attached hydrogens (tertiary/aromatic N) is 2. The van der Waals surface area contributed by atoms with Crippen molar-refractivity contribution in [1.29, 1.82) is 0 Å². The standard InChI is InChI=1S/C34H34ClN5O2S/c1-22-5-12-28(13-6-22)37-34(43)38-29-18-25(33(42)36-16-15-23-7-10-27(35)11-8-23)9-14-31(29)39-19-24-17-26(21-39)30-3-2-4-32(41)40(30)20-24/h2-14,18,24,26H,15-17,19-21H2,1H3,(H,36,42)(H2,37,38,43). The molecule has 1 aromatic heterocycles. The number of aromatic nitrogens is 1. The van der Waals surface area contributed by atoms with Crippen LogP contribution in [-0.2, 0) is 13.0 Å². The molecule has 7 nitrogen and oxygen atoms in total. The van der Waals surface area contributed by atoms with Crippen LogP contribution in [0, 0.1) is 12.8 Å². The lowest BCUT2D eigenvalue weighted by Crippen LogP contribution is -2.47. The molecule has 9 heteroatoms. The maximum absolute atomic E-state index is 13.2. The Morgan fingerprint density at radius 2 is 1.74 bits per heavy atom. The number of hydrogen-bond acceptors (Lipinski definition) is 4. The van der Waals surface area contributed by atoms with E-state index in [0.29, 0.717) is 41.1 Å². The zero-order chi connectivity index (χ0) is 29.9. The number of piperidine rings is 1. The van der Waals surface area contributed by atoms with Crippen LogP contribution >= 0.6 is 23.8 Å². The quantitative estimate of drug-likeness (QED) is 0.216. The molecule has 2 bridgehead atoms. The summed E-state index contributed by atoms with van der Waals surface area (Å²) in [6, 6.07) is 27.0. The van der Waals surface area contributed by atoms with Crippen molar-refractivity contribution < 1.29 is 4.79 Å². The van der Waals surface area contributed by atoms with Crippen LogP contribution in [0.2, 0.25) is 5.02 Å². The van der Waals surface area contributed by atoms with E-state index in [1.54, 1.807) is 6.07 Å². The van der Waals surface area contributed by atoms with Crippen molar-refractivity contribution in [1.82, 2.24) is 9.88 Å². The number of thiocarbonyl (C=S) groups is 1. The van der Waals surface area contributed by atoms with Crippen LogP contribution in [0.5, 0.6) is 0 Å². The summed E-state index contributed by atoms with van der Waals surface area (Å²) in [4.78, 5) is 28.1. The normalized spacial score (nSPS) is 17.1. The van der Waals surface area contributed by atoms with Gasteiger partial charge in [-0.05, 0) is 92.0 Å². The highest BCUT2D eigenvalue weighted by Gasteiger charge is 2.35. The van der Waals surface area contributed by atoms with E-state index < -0.39 is 0 Å². The average molecular weight is 612 g/mol. The molecule has 1 saturated heterocycles. The highest BCUT2D eigenvalue weighted by molar-refractivity contribution is 7.80. The number of nitrogens with one attached hydrogen (secondary N) is 3. The number of carbonyl (C=O) groups is 1. The van der Waals surface area contributed by atoms with Gasteiger partial charge in [-0.25, -0.2) is 0 Å². The van der Waals surface area contributed by atoms with Gasteiger partial charge >= 0.3 is 0 Å². The molecule has 0 saturated carbocycles. The summed E-state index contributed by atoms with van der Waals surface area (Å²) in [5, 5.41) is 10.8. The van der Waals surface area contributed by atoms with Crippen molar-refractivity contribution in [3.05, 3.63) is 123 Å². The summed E-state index contributed by atoms with van der Waals surface area (Å²) in [5.41, 5.74) is 6.62. The van der Waals surface area contributed by atoms with Crippen LogP contribution in [-0.4, -0.2) is 35.2 Å². The van der Waals surface area contributed by atoms with Gasteiger partial charge in [0.2, 0.25) is 0 Å². The van der Waals surface area contributed by atoms with E-state index in [2.05, 4.69) is 26.9 Å². The van der Waals surface area contributed by atoms with E-state index in [1.165, 1.54) is 5.56 Å². The predicted octanol–water partition coefficient (Wildman–Crippen LogP) is 6.22. The van der Waals surface area contributed by atoms with Crippen molar-refractivity contribution in [3.63, 3.8) is 0 Å². The fraction of sp³-hybridized carbons (Fsp3) is 0.265. The number of hydrogen-bond donors (Lipinski definition) is 3. The Morgan fingerprint density at radius 1 is 0.953 bits per heavy atom. The van der Waals surface area contributed by atoms with E-state index in [-0.39, 0.29) is 17.4 Å². The Hall–Kier alpha value is -4.14. The highest BCUT2D eigenvalue weighted by atomic mass is 35.5. The van der Waals surface area contributed by atoms with Gasteiger partial charge < -0.3 is 25.4 Å². The predicted molar refractivity (Wildman–Crippen MR) is 179 cm³/mol. The van der Waals surface area contributed by atoms with Crippen molar-refractivity contribution in [2.24, 2.45) is 5.92 Å². The van der Waals surface area contributed by atoms with Gasteiger partial charge in [-0.2, -0.15) is 0 Å². The Bertz CT molecular complexity index is 1700. The molecule has 43 heavy (non-hydrogen) atoms. The number of amides is 1. The molecule has 6 rings (SSSR count). The van der Waals surface area contributed by atoms with E-state index in [0.717, 1.165) is 47.8 Å². The molecule has 2 aliphatic rings. The molecule has 2 atom stereocenters. The molecule has 4 aromatic rings. The molecule has 2 unspecified atom stereocenters. The van der Waals surface area contributed by atoms with Crippen LogP contribution < -0.4 is 26.4 Å². The minimum absolute atomic E-state index is 0.0713. The summed E-state index contributed by atoms with van der Waals surface area (Å²) in [6.07, 6.45) is 1.77. The van der Waals surface area contributed by atoms with Gasteiger partial charge in [0.15, 0.2) is 5.11 Å². The molecule has 0 radical (unpaired) electrons. The molecule has 220 valence electrons. The number of fused-ring (bicyclic) bond motifs is 4. The number of halogens is 1. The number of pyridine rings is 1. The molecule has 3 N–H and O–H groups in total. The van der Waals surface area contributed by atoms with Crippen LogP contribution in [0.25, 0.3) is 0 Å². The van der Waals surface area contributed by atoms with Gasteiger partial charge in [-0.3, -0.25) is 9.59 Å². The van der Waals surface area contributed by atoms with Gasteiger partial charge in [-0.1, -0.05) is 47.5 Å². The van der Waals surface area contributed by atoms with Crippen LogP contribution in [0.4, 0.5) is 17.1 Å². The van der Waals surface area contributed by atoms with E-state index in [9.17, 15) is 9.59 Å². The molecular weight excluding hydrogens is 578 g/mol. The monoisotopic (exact) mass is 611 g/mol. The summed E-state index contributed by atoms with van der Waals surface area (Å²) >= 11 is 11.7. The van der Waals surface area contributed by atoms with Crippen LogP contribution in [0.1, 0.15) is 39.5 Å². The Balaban J connectivity index is 1.23. The van der Waals surface area contributed by atoms with E-state index in [1.807, 2.05) is 84.3 Å². The number of benzene rings is 3. The molecule has 3 aromatic carbocycles. The topological polar surface area (TPSA) is 78.4 Å². The second-order valence-corrected chi connectivity index (χ2v) is 12.3. The Labute approximate surface area is 261 Å². The van der Waals surface area contributed by atoms with Gasteiger partial charge in [0.25, 0.3) is 11.5 Å². The van der Waals surface area contributed by atoms with Crippen molar-refractivity contribution >= 4 is 51.9 Å². The zero-order valence-corrected chi connectivity index (χ0v) is 25.5. The van der Waals surface area contributed by atoms with Crippen LogP contribution in [0.15, 0.2) is 89.7 Å². The molecule has 1 amide bonds. The first-order valence-corrected chi connectivity index (χ1v) is 15.4. The fourth-order valence-corrected chi connectivity index (χ4v) is 6.50. The van der Waals surface area contributed by atoms with Gasteiger partial charge in [0, 0.05) is 60.1 Å². The van der Waals surface area contributed by atoms with Crippen molar-refractivity contribution in [2.45, 2.75) is 32.2 Å². The second kappa shape index (κ2) is 12.6. The smallest absolute Gasteiger partial charge is 0.251 e. The Kier molecular flexibility index (Phi) is 8.49. The van der Waals surface area contributed by atoms with Crippen molar-refractivity contribution in [2.75, 3.05) is 35.2 Å². The maximum atomic E-state index is 13.2. The Morgan fingerprint density at radius 3 is 2.53 bits per heavy atom. The summed E-state index contributed by atoms with van der Waals surface area (Å²) in [7, 11) is 0. The summed E-state index contributed by atoms with van der Waals surface area (Å²) in [5.74, 6) is 0.459. The first-order chi connectivity index (χ1) is 20.8. The number of carbonyl (C=O) groups excluding carboxylic acids is 1. The lowest BCUT2D eigenvalue weighted by atomic mass is 9.83.